The summed E-state index contributed by atoms with van der Waals surface area (Å²) in [6, 6.07) is 1.98. The second-order valence-electron chi connectivity index (χ2n) is 3.64. The third kappa shape index (κ3) is 1.75. The molecule has 1 fully saturated rings. The summed E-state index contributed by atoms with van der Waals surface area (Å²) in [6.07, 6.45) is 1.88. The van der Waals surface area contributed by atoms with Crippen LogP contribution in [0.25, 0.3) is 0 Å². The van der Waals surface area contributed by atoms with Crippen molar-refractivity contribution in [1.29, 1.82) is 0 Å². The van der Waals surface area contributed by atoms with E-state index in [2.05, 4.69) is 9.69 Å². The monoisotopic (exact) mass is 198 g/mol. The first-order chi connectivity index (χ1) is 6.21. The largest absolute Gasteiger partial charge is 0.383 e. The average Bonchev–Trinajstić information content (AvgIpc) is 2.54. The molecule has 0 radical (unpaired) electrons. The van der Waals surface area contributed by atoms with Gasteiger partial charge in [0.05, 0.1) is 10.6 Å². The SMILES string of the molecule is Cc1cc(C2(O)CCCNC2)sn1. The van der Waals surface area contributed by atoms with Crippen molar-refractivity contribution in [3.63, 3.8) is 0 Å². The third-order valence-electron chi connectivity index (χ3n) is 2.45. The van der Waals surface area contributed by atoms with E-state index in [9.17, 15) is 5.11 Å². The van der Waals surface area contributed by atoms with Gasteiger partial charge in [0, 0.05) is 6.54 Å². The maximum absolute atomic E-state index is 10.3. The Labute approximate surface area is 82.0 Å². The number of aromatic nitrogens is 1. The third-order valence-corrected chi connectivity index (χ3v) is 3.52. The molecule has 1 aromatic heterocycles. The van der Waals surface area contributed by atoms with Crippen LogP contribution in [0, 0.1) is 6.92 Å². The molecule has 0 aromatic carbocycles. The van der Waals surface area contributed by atoms with Crippen LogP contribution < -0.4 is 5.32 Å². The highest BCUT2D eigenvalue weighted by Crippen LogP contribution is 2.31. The van der Waals surface area contributed by atoms with E-state index in [1.165, 1.54) is 11.5 Å². The maximum atomic E-state index is 10.3. The molecule has 0 spiro atoms. The van der Waals surface area contributed by atoms with Gasteiger partial charge in [-0.1, -0.05) is 0 Å². The molecule has 72 valence electrons. The minimum absolute atomic E-state index is 0.661. The molecular formula is C9H14N2OS. The van der Waals surface area contributed by atoms with Crippen LogP contribution in [0.5, 0.6) is 0 Å². The molecule has 2 heterocycles. The van der Waals surface area contributed by atoms with Gasteiger partial charge in [0.25, 0.3) is 0 Å². The number of nitrogens with zero attached hydrogens (tertiary/aromatic N) is 1. The first-order valence-corrected chi connectivity index (χ1v) is 5.35. The second kappa shape index (κ2) is 3.36. The Morgan fingerprint density at radius 3 is 3.08 bits per heavy atom. The predicted molar refractivity (Wildman–Crippen MR) is 52.9 cm³/mol. The quantitative estimate of drug-likeness (QED) is 0.708. The number of aryl methyl sites for hydroxylation is 1. The van der Waals surface area contributed by atoms with Gasteiger partial charge in [0.2, 0.25) is 0 Å². The molecule has 3 nitrogen and oxygen atoms in total. The van der Waals surface area contributed by atoms with Gasteiger partial charge in [0.1, 0.15) is 5.60 Å². The smallest absolute Gasteiger partial charge is 0.113 e. The number of piperidine rings is 1. The van der Waals surface area contributed by atoms with E-state index in [-0.39, 0.29) is 0 Å². The van der Waals surface area contributed by atoms with E-state index in [1.54, 1.807) is 0 Å². The fourth-order valence-electron chi connectivity index (χ4n) is 1.68. The highest BCUT2D eigenvalue weighted by molar-refractivity contribution is 7.06. The summed E-state index contributed by atoms with van der Waals surface area (Å²) in [6.45, 7) is 3.63. The lowest BCUT2D eigenvalue weighted by Crippen LogP contribution is -2.42. The molecule has 4 heteroatoms. The lowest BCUT2D eigenvalue weighted by atomic mass is 9.92. The first kappa shape index (κ1) is 9.12. The summed E-state index contributed by atoms with van der Waals surface area (Å²) in [5, 5.41) is 13.5. The van der Waals surface area contributed by atoms with Crippen LogP contribution >= 0.6 is 11.5 Å². The summed E-state index contributed by atoms with van der Waals surface area (Å²) >= 11 is 1.41. The average molecular weight is 198 g/mol. The molecule has 2 rings (SSSR count). The van der Waals surface area contributed by atoms with Gasteiger partial charge in [-0.25, -0.2) is 0 Å². The zero-order valence-electron chi connectivity index (χ0n) is 7.71. The second-order valence-corrected chi connectivity index (χ2v) is 4.45. The Kier molecular flexibility index (Phi) is 2.36. The van der Waals surface area contributed by atoms with Crippen LogP contribution in [0.4, 0.5) is 0 Å². The molecule has 0 aliphatic carbocycles. The number of rotatable bonds is 1. The molecule has 2 N–H and O–H groups in total. The van der Waals surface area contributed by atoms with Crippen LogP contribution in [-0.2, 0) is 5.60 Å². The van der Waals surface area contributed by atoms with Gasteiger partial charge >= 0.3 is 0 Å². The van der Waals surface area contributed by atoms with Gasteiger partial charge in [-0.3, -0.25) is 0 Å². The Morgan fingerprint density at radius 2 is 2.54 bits per heavy atom. The van der Waals surface area contributed by atoms with Gasteiger partial charge in [-0.15, -0.1) is 0 Å². The number of nitrogens with one attached hydrogen (secondary N) is 1. The fraction of sp³-hybridized carbons (Fsp3) is 0.667. The zero-order chi connectivity index (χ0) is 9.31. The van der Waals surface area contributed by atoms with Crippen molar-refractivity contribution >= 4 is 11.5 Å². The highest BCUT2D eigenvalue weighted by Gasteiger charge is 2.32. The van der Waals surface area contributed by atoms with Crippen LogP contribution in [0.1, 0.15) is 23.4 Å². The molecule has 0 amide bonds. The Balaban J connectivity index is 2.22. The normalized spacial score (nSPS) is 29.1. The van der Waals surface area contributed by atoms with Crippen molar-refractivity contribution in [3.05, 3.63) is 16.6 Å². The van der Waals surface area contributed by atoms with E-state index in [0.717, 1.165) is 30.0 Å². The van der Waals surface area contributed by atoms with Crippen molar-refractivity contribution in [2.24, 2.45) is 0 Å². The standard InChI is InChI=1S/C9H14N2OS/c1-7-5-8(13-11-7)9(12)3-2-4-10-6-9/h5,10,12H,2-4,6H2,1H3. The lowest BCUT2D eigenvalue weighted by molar-refractivity contribution is 0.0157. The Hall–Kier alpha value is -0.450. The number of hydrogen-bond acceptors (Lipinski definition) is 4. The summed E-state index contributed by atoms with van der Waals surface area (Å²) in [5.41, 5.74) is 0.337. The Morgan fingerprint density at radius 1 is 1.69 bits per heavy atom. The minimum Gasteiger partial charge on any atom is -0.383 e. The molecule has 0 bridgehead atoms. The van der Waals surface area contributed by atoms with Crippen LogP contribution in [-0.4, -0.2) is 22.6 Å². The minimum atomic E-state index is -0.663. The summed E-state index contributed by atoms with van der Waals surface area (Å²) in [4.78, 5) is 0.997. The molecule has 1 aliphatic rings. The molecule has 0 saturated carbocycles. The summed E-state index contributed by atoms with van der Waals surface area (Å²) in [7, 11) is 0. The molecule has 1 unspecified atom stereocenters. The van der Waals surface area contributed by atoms with Gasteiger partial charge in [-0.05, 0) is 43.9 Å². The van der Waals surface area contributed by atoms with E-state index in [4.69, 9.17) is 0 Å². The topological polar surface area (TPSA) is 45.1 Å². The number of hydrogen-bond donors (Lipinski definition) is 2. The number of β-amino-alcohol motifs (C(OH)–C–C–N with tert-alkyl or cyclic N) is 1. The number of aliphatic hydroxyl groups is 1. The molecule has 1 atom stereocenters. The van der Waals surface area contributed by atoms with Crippen molar-refractivity contribution in [2.45, 2.75) is 25.4 Å². The van der Waals surface area contributed by atoms with Crippen molar-refractivity contribution < 1.29 is 5.11 Å². The molecule has 1 aromatic rings. The van der Waals surface area contributed by atoms with E-state index in [0.29, 0.717) is 6.54 Å². The maximum Gasteiger partial charge on any atom is 0.113 e. The first-order valence-electron chi connectivity index (χ1n) is 4.58. The van der Waals surface area contributed by atoms with Crippen molar-refractivity contribution in [1.82, 2.24) is 9.69 Å². The highest BCUT2D eigenvalue weighted by atomic mass is 32.1. The molecule has 1 aliphatic heterocycles. The summed E-state index contributed by atoms with van der Waals surface area (Å²) in [5.74, 6) is 0. The molecular weight excluding hydrogens is 184 g/mol. The zero-order valence-corrected chi connectivity index (χ0v) is 8.52. The van der Waals surface area contributed by atoms with Gasteiger partial charge < -0.3 is 10.4 Å². The van der Waals surface area contributed by atoms with E-state index >= 15 is 0 Å². The van der Waals surface area contributed by atoms with Crippen molar-refractivity contribution in [2.75, 3.05) is 13.1 Å². The Bertz CT molecular complexity index is 292. The predicted octanol–water partition coefficient (Wildman–Crippen LogP) is 1.02. The van der Waals surface area contributed by atoms with Crippen LogP contribution in [0.2, 0.25) is 0 Å². The molecule has 1 saturated heterocycles. The van der Waals surface area contributed by atoms with Crippen molar-refractivity contribution in [3.8, 4) is 0 Å². The van der Waals surface area contributed by atoms with Gasteiger partial charge in [0.15, 0.2) is 0 Å². The molecule has 13 heavy (non-hydrogen) atoms. The van der Waals surface area contributed by atoms with Gasteiger partial charge in [-0.2, -0.15) is 4.37 Å². The van der Waals surface area contributed by atoms with E-state index < -0.39 is 5.60 Å². The van der Waals surface area contributed by atoms with Crippen LogP contribution in [0.3, 0.4) is 0 Å². The lowest BCUT2D eigenvalue weighted by Gasteiger charge is -2.31. The fourth-order valence-corrected chi connectivity index (χ4v) is 2.55. The van der Waals surface area contributed by atoms with Crippen LogP contribution in [0.15, 0.2) is 6.07 Å². The summed E-state index contributed by atoms with van der Waals surface area (Å²) < 4.78 is 4.19. The van der Waals surface area contributed by atoms with E-state index in [1.807, 2.05) is 13.0 Å².